The first kappa shape index (κ1) is 14.4. The van der Waals surface area contributed by atoms with Gasteiger partial charge in [-0.15, -0.1) is 0 Å². The molecule has 1 rings (SSSR count). The number of hydrogen-bond donors (Lipinski definition) is 2. The molecule has 0 spiro atoms. The first-order chi connectivity index (χ1) is 8.20. The molecule has 1 saturated heterocycles. The van der Waals surface area contributed by atoms with Crippen molar-refractivity contribution in [3.8, 4) is 0 Å². The third kappa shape index (κ3) is 5.48. The number of aliphatic imine (C=N–C) groups is 1. The van der Waals surface area contributed by atoms with E-state index in [0.29, 0.717) is 4.75 Å². The van der Waals surface area contributed by atoms with E-state index in [1.165, 1.54) is 18.6 Å². The molecular weight excluding hydrogens is 230 g/mol. The molecule has 0 aliphatic carbocycles. The van der Waals surface area contributed by atoms with E-state index < -0.39 is 0 Å². The van der Waals surface area contributed by atoms with Gasteiger partial charge in [-0.3, -0.25) is 4.99 Å². The molecule has 0 saturated carbocycles. The summed E-state index contributed by atoms with van der Waals surface area (Å²) in [6.07, 6.45) is 7.93. The van der Waals surface area contributed by atoms with Gasteiger partial charge in [0.25, 0.3) is 0 Å². The molecule has 17 heavy (non-hydrogen) atoms. The van der Waals surface area contributed by atoms with Crippen molar-refractivity contribution < 1.29 is 0 Å². The fourth-order valence-electron chi connectivity index (χ4n) is 1.91. The zero-order valence-corrected chi connectivity index (χ0v) is 12.1. The molecule has 0 amide bonds. The fraction of sp³-hybridized carbons (Fsp3) is 0.769. The lowest BCUT2D eigenvalue weighted by atomic mass is 10.1. The highest BCUT2D eigenvalue weighted by atomic mass is 32.2. The topological polar surface area (TPSA) is 36.4 Å². The maximum absolute atomic E-state index is 4.24. The van der Waals surface area contributed by atoms with Gasteiger partial charge in [-0.1, -0.05) is 12.2 Å². The van der Waals surface area contributed by atoms with E-state index in [1.807, 2.05) is 14.0 Å². The van der Waals surface area contributed by atoms with Crippen LogP contribution in [0.1, 0.15) is 33.1 Å². The molecule has 1 fully saturated rings. The number of nitrogens with zero attached hydrogens (tertiary/aromatic N) is 1. The summed E-state index contributed by atoms with van der Waals surface area (Å²) in [6.45, 7) is 6.32. The van der Waals surface area contributed by atoms with Crippen LogP contribution in [0.5, 0.6) is 0 Å². The molecular formula is C13H25N3S. The van der Waals surface area contributed by atoms with Gasteiger partial charge in [0.1, 0.15) is 0 Å². The lowest BCUT2D eigenvalue weighted by molar-refractivity contribution is 0.585. The number of nitrogens with one attached hydrogen (secondary N) is 2. The number of hydrogen-bond acceptors (Lipinski definition) is 2. The molecule has 1 atom stereocenters. The van der Waals surface area contributed by atoms with Gasteiger partial charge in [0.05, 0.1) is 0 Å². The fourth-order valence-corrected chi connectivity index (χ4v) is 3.15. The van der Waals surface area contributed by atoms with Crippen molar-refractivity contribution in [2.24, 2.45) is 4.99 Å². The van der Waals surface area contributed by atoms with Gasteiger partial charge in [-0.05, 0) is 38.9 Å². The van der Waals surface area contributed by atoms with Gasteiger partial charge in [0.15, 0.2) is 5.96 Å². The summed E-state index contributed by atoms with van der Waals surface area (Å²) in [6, 6.07) is 0. The molecule has 0 radical (unpaired) electrons. The van der Waals surface area contributed by atoms with Gasteiger partial charge in [0, 0.05) is 24.9 Å². The second-order valence-corrected chi connectivity index (χ2v) is 6.29. The third-order valence-corrected chi connectivity index (χ3v) is 4.53. The molecule has 0 aromatic carbocycles. The number of rotatable bonds is 5. The first-order valence-corrected chi connectivity index (χ1v) is 7.38. The zero-order valence-electron chi connectivity index (χ0n) is 11.3. The molecule has 98 valence electrons. The second-order valence-electron chi connectivity index (χ2n) is 4.61. The summed E-state index contributed by atoms with van der Waals surface area (Å²) in [5.41, 5.74) is 0. The normalized spacial score (nSPS) is 25.5. The maximum Gasteiger partial charge on any atom is 0.191 e. The Labute approximate surface area is 110 Å². The summed E-state index contributed by atoms with van der Waals surface area (Å²) < 4.78 is 0.390. The molecule has 1 unspecified atom stereocenters. The standard InChI is InChI=1S/C13H25N3S/c1-4-5-6-9-15-12(14-3)16-11-13(2)8-7-10-17-13/h4-5H,6-11H2,1-3H3,(H2,14,15,16)/b5-4+. The summed E-state index contributed by atoms with van der Waals surface area (Å²) in [5, 5.41) is 6.75. The molecule has 2 N–H and O–H groups in total. The monoisotopic (exact) mass is 255 g/mol. The van der Waals surface area contributed by atoms with E-state index in [0.717, 1.165) is 25.5 Å². The van der Waals surface area contributed by atoms with Crippen LogP contribution in [-0.2, 0) is 0 Å². The smallest absolute Gasteiger partial charge is 0.191 e. The highest BCUT2D eigenvalue weighted by molar-refractivity contribution is 8.00. The Morgan fingerprint density at radius 1 is 1.47 bits per heavy atom. The van der Waals surface area contributed by atoms with Crippen LogP contribution in [0.2, 0.25) is 0 Å². The minimum atomic E-state index is 0.390. The van der Waals surface area contributed by atoms with Crippen molar-refractivity contribution >= 4 is 17.7 Å². The van der Waals surface area contributed by atoms with E-state index in [4.69, 9.17) is 0 Å². The van der Waals surface area contributed by atoms with E-state index in [9.17, 15) is 0 Å². The minimum absolute atomic E-state index is 0.390. The molecule has 0 aromatic rings. The minimum Gasteiger partial charge on any atom is -0.356 e. The number of guanidine groups is 1. The Hall–Kier alpha value is -0.640. The number of thioether (sulfide) groups is 1. The largest absolute Gasteiger partial charge is 0.356 e. The van der Waals surface area contributed by atoms with Gasteiger partial charge in [-0.25, -0.2) is 0 Å². The van der Waals surface area contributed by atoms with Crippen LogP contribution in [0.3, 0.4) is 0 Å². The van der Waals surface area contributed by atoms with Crippen LogP contribution in [0.4, 0.5) is 0 Å². The Morgan fingerprint density at radius 2 is 2.29 bits per heavy atom. The van der Waals surface area contributed by atoms with Crippen molar-refractivity contribution in [3.63, 3.8) is 0 Å². The van der Waals surface area contributed by atoms with Gasteiger partial charge in [-0.2, -0.15) is 11.8 Å². The number of allylic oxidation sites excluding steroid dienone is 1. The average molecular weight is 255 g/mol. The molecule has 1 aliphatic heterocycles. The van der Waals surface area contributed by atoms with Crippen LogP contribution in [0.15, 0.2) is 17.1 Å². The lowest BCUT2D eigenvalue weighted by Gasteiger charge is -2.24. The summed E-state index contributed by atoms with van der Waals surface area (Å²) in [7, 11) is 1.83. The highest BCUT2D eigenvalue weighted by Crippen LogP contribution is 2.36. The highest BCUT2D eigenvalue weighted by Gasteiger charge is 2.29. The average Bonchev–Trinajstić information content (AvgIpc) is 2.76. The Bertz CT molecular complexity index is 268. The van der Waals surface area contributed by atoms with E-state index in [2.05, 4.69) is 46.5 Å². The third-order valence-electron chi connectivity index (χ3n) is 2.99. The van der Waals surface area contributed by atoms with Crippen LogP contribution in [-0.4, -0.2) is 36.6 Å². The lowest BCUT2D eigenvalue weighted by Crippen LogP contribution is -2.43. The summed E-state index contributed by atoms with van der Waals surface area (Å²) in [5.74, 6) is 2.22. The zero-order chi connectivity index (χ0) is 12.6. The van der Waals surface area contributed by atoms with Crippen molar-refractivity contribution in [1.82, 2.24) is 10.6 Å². The molecule has 0 aromatic heterocycles. The van der Waals surface area contributed by atoms with Crippen molar-refractivity contribution in [2.75, 3.05) is 25.9 Å². The molecule has 0 bridgehead atoms. The summed E-state index contributed by atoms with van der Waals surface area (Å²) >= 11 is 2.07. The second kappa shape index (κ2) is 7.64. The predicted molar refractivity (Wildman–Crippen MR) is 78.9 cm³/mol. The Kier molecular flexibility index (Phi) is 6.48. The van der Waals surface area contributed by atoms with Gasteiger partial charge >= 0.3 is 0 Å². The first-order valence-electron chi connectivity index (χ1n) is 6.40. The predicted octanol–water partition coefficient (Wildman–Crippen LogP) is 2.40. The van der Waals surface area contributed by atoms with E-state index >= 15 is 0 Å². The van der Waals surface area contributed by atoms with Crippen molar-refractivity contribution in [1.29, 1.82) is 0 Å². The molecule has 3 nitrogen and oxygen atoms in total. The van der Waals surface area contributed by atoms with Crippen molar-refractivity contribution in [3.05, 3.63) is 12.2 Å². The molecule has 1 aliphatic rings. The van der Waals surface area contributed by atoms with Crippen LogP contribution < -0.4 is 10.6 Å². The molecule has 4 heteroatoms. The quantitative estimate of drug-likeness (QED) is 0.343. The van der Waals surface area contributed by atoms with E-state index in [-0.39, 0.29) is 0 Å². The van der Waals surface area contributed by atoms with Crippen LogP contribution >= 0.6 is 11.8 Å². The van der Waals surface area contributed by atoms with E-state index in [1.54, 1.807) is 0 Å². The maximum atomic E-state index is 4.24. The van der Waals surface area contributed by atoms with Crippen LogP contribution in [0, 0.1) is 0 Å². The van der Waals surface area contributed by atoms with Crippen LogP contribution in [0.25, 0.3) is 0 Å². The Balaban J connectivity index is 2.23. The van der Waals surface area contributed by atoms with Gasteiger partial charge in [0.2, 0.25) is 0 Å². The van der Waals surface area contributed by atoms with Crippen molar-refractivity contribution in [2.45, 2.75) is 37.9 Å². The Morgan fingerprint density at radius 3 is 2.88 bits per heavy atom. The SMILES string of the molecule is C/C=C/CCNC(=NC)NCC1(C)CCCS1. The molecule has 1 heterocycles. The van der Waals surface area contributed by atoms with Gasteiger partial charge < -0.3 is 10.6 Å². The summed E-state index contributed by atoms with van der Waals surface area (Å²) in [4.78, 5) is 4.24.